The number of hydrogen-bond donors (Lipinski definition) is 3. The molecular formula is C23H21N5O2. The van der Waals surface area contributed by atoms with Crippen LogP contribution >= 0.6 is 0 Å². The molecule has 0 bridgehead atoms. The summed E-state index contributed by atoms with van der Waals surface area (Å²) < 4.78 is 0. The summed E-state index contributed by atoms with van der Waals surface area (Å²) in [6.07, 6.45) is 5.34. The van der Waals surface area contributed by atoms with Gasteiger partial charge in [-0.15, -0.1) is 0 Å². The van der Waals surface area contributed by atoms with Gasteiger partial charge in [0.15, 0.2) is 5.82 Å². The lowest BCUT2D eigenvalue weighted by atomic mass is 10.0. The first-order chi connectivity index (χ1) is 14.6. The lowest BCUT2D eigenvalue weighted by Crippen LogP contribution is -2.44. The minimum atomic E-state index is -0.726. The maximum absolute atomic E-state index is 12.9. The van der Waals surface area contributed by atoms with Gasteiger partial charge < -0.3 is 15.6 Å². The quantitative estimate of drug-likeness (QED) is 0.463. The second kappa shape index (κ2) is 8.57. The average molecular weight is 399 g/mol. The molecule has 4 aromatic rings. The Morgan fingerprint density at radius 3 is 2.43 bits per heavy atom. The van der Waals surface area contributed by atoms with Crippen LogP contribution in [0.25, 0.3) is 22.3 Å². The van der Waals surface area contributed by atoms with Gasteiger partial charge >= 0.3 is 0 Å². The van der Waals surface area contributed by atoms with Crippen LogP contribution in [0.2, 0.25) is 0 Å². The molecule has 0 spiro atoms. The van der Waals surface area contributed by atoms with Crippen molar-refractivity contribution in [3.8, 4) is 11.4 Å². The molecule has 2 amide bonds. The summed E-state index contributed by atoms with van der Waals surface area (Å²) in [4.78, 5) is 36.4. The summed E-state index contributed by atoms with van der Waals surface area (Å²) in [5, 5.41) is 6.56. The number of aromatic nitrogens is 3. The molecule has 0 saturated carbocycles. The average Bonchev–Trinajstić information content (AvgIpc) is 3.17. The van der Waals surface area contributed by atoms with Crippen LogP contribution in [0.4, 0.5) is 5.69 Å². The number of H-pyrrole nitrogens is 1. The highest BCUT2D eigenvalue weighted by atomic mass is 16.2. The third-order valence-corrected chi connectivity index (χ3v) is 4.74. The van der Waals surface area contributed by atoms with E-state index < -0.39 is 6.04 Å². The van der Waals surface area contributed by atoms with Crippen molar-refractivity contribution in [3.63, 3.8) is 0 Å². The van der Waals surface area contributed by atoms with Crippen LogP contribution in [0.1, 0.15) is 12.5 Å². The molecule has 4 rings (SSSR count). The minimum Gasteiger partial charge on any atom is -0.361 e. The molecule has 0 radical (unpaired) electrons. The molecule has 2 aromatic carbocycles. The number of anilines is 1. The number of aromatic amines is 1. The predicted octanol–water partition coefficient (Wildman–Crippen LogP) is 3.31. The van der Waals surface area contributed by atoms with E-state index in [1.54, 1.807) is 12.4 Å². The molecule has 2 aromatic heterocycles. The number of para-hydroxylation sites is 1. The Bertz CT molecular complexity index is 1170. The van der Waals surface area contributed by atoms with Gasteiger partial charge in [-0.2, -0.15) is 0 Å². The lowest BCUT2D eigenvalue weighted by Gasteiger charge is -2.17. The maximum Gasteiger partial charge on any atom is 0.247 e. The molecule has 0 fully saturated rings. The van der Waals surface area contributed by atoms with Crippen molar-refractivity contribution in [1.29, 1.82) is 0 Å². The molecule has 7 nitrogen and oxygen atoms in total. The SMILES string of the molecule is CC(=O)NC(Cc1c[nH]c2ccccc12)C(=O)Nc1cnc(-c2ccccc2)nc1. The molecule has 0 saturated heterocycles. The van der Waals surface area contributed by atoms with Crippen LogP contribution in [-0.4, -0.2) is 32.8 Å². The van der Waals surface area contributed by atoms with Gasteiger partial charge in [0.1, 0.15) is 6.04 Å². The highest BCUT2D eigenvalue weighted by molar-refractivity contribution is 5.97. The molecule has 7 heteroatoms. The van der Waals surface area contributed by atoms with Crippen molar-refractivity contribution in [1.82, 2.24) is 20.3 Å². The van der Waals surface area contributed by atoms with Crippen molar-refractivity contribution in [2.75, 3.05) is 5.32 Å². The molecule has 1 unspecified atom stereocenters. The first kappa shape index (κ1) is 19.3. The summed E-state index contributed by atoms with van der Waals surface area (Å²) >= 11 is 0. The van der Waals surface area contributed by atoms with E-state index in [-0.39, 0.29) is 11.8 Å². The molecule has 0 aliphatic rings. The summed E-state index contributed by atoms with van der Waals surface area (Å²) in [7, 11) is 0. The summed E-state index contributed by atoms with van der Waals surface area (Å²) in [5.41, 5.74) is 3.30. The monoisotopic (exact) mass is 399 g/mol. The number of carbonyl (C=O) groups excluding carboxylic acids is 2. The fraction of sp³-hybridized carbons (Fsp3) is 0.130. The Morgan fingerprint density at radius 2 is 1.70 bits per heavy atom. The van der Waals surface area contributed by atoms with Crippen LogP contribution in [0, 0.1) is 0 Å². The van der Waals surface area contributed by atoms with E-state index in [1.807, 2.05) is 60.8 Å². The third-order valence-electron chi connectivity index (χ3n) is 4.74. The second-order valence-electron chi connectivity index (χ2n) is 6.97. The van der Waals surface area contributed by atoms with Gasteiger partial charge in [-0.25, -0.2) is 9.97 Å². The highest BCUT2D eigenvalue weighted by Crippen LogP contribution is 2.20. The first-order valence-electron chi connectivity index (χ1n) is 9.60. The molecule has 0 aliphatic carbocycles. The number of amides is 2. The van der Waals surface area contributed by atoms with Crippen molar-refractivity contribution in [2.45, 2.75) is 19.4 Å². The van der Waals surface area contributed by atoms with Crippen molar-refractivity contribution < 1.29 is 9.59 Å². The Kier molecular flexibility index (Phi) is 5.52. The fourth-order valence-electron chi connectivity index (χ4n) is 3.33. The largest absolute Gasteiger partial charge is 0.361 e. The van der Waals surface area contributed by atoms with E-state index >= 15 is 0 Å². The molecule has 0 aliphatic heterocycles. The zero-order chi connectivity index (χ0) is 20.9. The van der Waals surface area contributed by atoms with Gasteiger partial charge in [0.25, 0.3) is 0 Å². The lowest BCUT2D eigenvalue weighted by molar-refractivity contribution is -0.125. The number of rotatable bonds is 6. The van der Waals surface area contributed by atoms with Crippen molar-refractivity contribution in [3.05, 3.63) is 78.8 Å². The van der Waals surface area contributed by atoms with E-state index in [9.17, 15) is 9.59 Å². The maximum atomic E-state index is 12.9. The zero-order valence-electron chi connectivity index (χ0n) is 16.4. The fourth-order valence-corrected chi connectivity index (χ4v) is 3.33. The number of carbonyl (C=O) groups is 2. The number of hydrogen-bond acceptors (Lipinski definition) is 4. The van der Waals surface area contributed by atoms with Gasteiger partial charge in [0.05, 0.1) is 18.1 Å². The van der Waals surface area contributed by atoms with Crippen molar-refractivity contribution in [2.24, 2.45) is 0 Å². The first-order valence-corrected chi connectivity index (χ1v) is 9.60. The topological polar surface area (TPSA) is 99.8 Å². The minimum absolute atomic E-state index is 0.273. The smallest absolute Gasteiger partial charge is 0.247 e. The van der Waals surface area contributed by atoms with E-state index in [4.69, 9.17) is 0 Å². The van der Waals surface area contributed by atoms with E-state index in [2.05, 4.69) is 25.6 Å². The Morgan fingerprint density at radius 1 is 1.00 bits per heavy atom. The van der Waals surface area contributed by atoms with Crippen LogP contribution < -0.4 is 10.6 Å². The molecular weight excluding hydrogens is 378 g/mol. The summed E-state index contributed by atoms with van der Waals surface area (Å²) in [6.45, 7) is 1.40. The van der Waals surface area contributed by atoms with Gasteiger partial charge in [-0.3, -0.25) is 9.59 Å². The van der Waals surface area contributed by atoms with E-state index in [1.165, 1.54) is 6.92 Å². The van der Waals surface area contributed by atoms with Gasteiger partial charge in [0, 0.05) is 36.0 Å². The number of benzene rings is 2. The van der Waals surface area contributed by atoms with Crippen LogP contribution in [0.3, 0.4) is 0 Å². The Balaban J connectivity index is 1.50. The Labute approximate surface area is 173 Å². The second-order valence-corrected chi connectivity index (χ2v) is 6.97. The number of fused-ring (bicyclic) bond motifs is 1. The summed E-state index contributed by atoms with van der Waals surface area (Å²) in [5.74, 6) is -0.0250. The Hall–Kier alpha value is -4.00. The molecule has 30 heavy (non-hydrogen) atoms. The molecule has 150 valence electrons. The van der Waals surface area contributed by atoms with Gasteiger partial charge in [-0.05, 0) is 11.6 Å². The number of nitrogens with one attached hydrogen (secondary N) is 3. The van der Waals surface area contributed by atoms with Crippen LogP contribution in [-0.2, 0) is 16.0 Å². The number of nitrogens with zero attached hydrogens (tertiary/aromatic N) is 2. The van der Waals surface area contributed by atoms with Gasteiger partial charge in [-0.1, -0.05) is 48.5 Å². The zero-order valence-corrected chi connectivity index (χ0v) is 16.4. The molecule has 1 atom stereocenters. The van der Waals surface area contributed by atoms with Gasteiger partial charge in [0.2, 0.25) is 11.8 Å². The standard InChI is InChI=1S/C23H21N5O2/c1-15(29)27-21(11-17-12-24-20-10-6-5-9-19(17)20)23(30)28-18-13-25-22(26-14-18)16-7-3-2-4-8-16/h2-10,12-14,21,24H,11H2,1H3,(H,27,29)(H,28,30). The van der Waals surface area contributed by atoms with Crippen molar-refractivity contribution >= 4 is 28.4 Å². The van der Waals surface area contributed by atoms with Crippen LogP contribution in [0.5, 0.6) is 0 Å². The molecule has 3 N–H and O–H groups in total. The normalized spacial score (nSPS) is 11.8. The van der Waals surface area contributed by atoms with E-state index in [0.717, 1.165) is 22.0 Å². The summed E-state index contributed by atoms with van der Waals surface area (Å²) in [6, 6.07) is 16.7. The highest BCUT2D eigenvalue weighted by Gasteiger charge is 2.22. The third kappa shape index (κ3) is 4.35. The van der Waals surface area contributed by atoms with E-state index in [0.29, 0.717) is 17.9 Å². The predicted molar refractivity (Wildman–Crippen MR) is 116 cm³/mol. The van der Waals surface area contributed by atoms with Crippen LogP contribution in [0.15, 0.2) is 73.2 Å². The molecule has 2 heterocycles.